The Kier molecular flexibility index (Phi) is 12.3. The number of ether oxygens (including phenoxy) is 2. The molecule has 1 fully saturated rings. The van der Waals surface area contributed by atoms with Gasteiger partial charge in [0.15, 0.2) is 0 Å². The van der Waals surface area contributed by atoms with E-state index in [1.54, 1.807) is 61.1 Å². The summed E-state index contributed by atoms with van der Waals surface area (Å²) in [5.41, 5.74) is 1.32. The number of rotatable bonds is 14. The third kappa shape index (κ3) is 8.33. The van der Waals surface area contributed by atoms with Crippen molar-refractivity contribution < 1.29 is 22.7 Å². The summed E-state index contributed by atoms with van der Waals surface area (Å²) >= 11 is 1.71. The van der Waals surface area contributed by atoms with Gasteiger partial charge in [-0.3, -0.25) is 4.79 Å². The van der Waals surface area contributed by atoms with E-state index >= 15 is 0 Å². The molecule has 1 heterocycles. The number of nitrogens with one attached hydrogen (secondary N) is 1. The van der Waals surface area contributed by atoms with Crippen LogP contribution in [0.25, 0.3) is 0 Å². The van der Waals surface area contributed by atoms with Crippen molar-refractivity contribution in [3.63, 3.8) is 0 Å². The Balaban J connectivity index is 1.97. The second-order valence-electron chi connectivity index (χ2n) is 8.80. The maximum absolute atomic E-state index is 13.6. The van der Waals surface area contributed by atoms with Crippen LogP contribution in [0.4, 0.5) is 0 Å². The number of thioether (sulfide) groups is 1. The van der Waals surface area contributed by atoms with Crippen LogP contribution in [0, 0.1) is 13.8 Å². The first-order chi connectivity index (χ1) is 16.6. The number of nitrogens with zero attached hydrogens (tertiary/aromatic N) is 3. The largest absolute Gasteiger partial charge is 0.497 e. The van der Waals surface area contributed by atoms with Crippen molar-refractivity contribution in [3.8, 4) is 5.75 Å². The normalized spacial score (nSPS) is 17.1. The van der Waals surface area contributed by atoms with Crippen LogP contribution in [0.1, 0.15) is 18.1 Å². The van der Waals surface area contributed by atoms with Crippen LogP contribution >= 0.6 is 11.8 Å². The predicted octanol–water partition coefficient (Wildman–Crippen LogP) is 1.43. The molecule has 0 radical (unpaired) electrons. The molecule has 11 heteroatoms. The van der Waals surface area contributed by atoms with E-state index < -0.39 is 10.0 Å². The van der Waals surface area contributed by atoms with Crippen molar-refractivity contribution in [1.29, 1.82) is 0 Å². The first-order valence-corrected chi connectivity index (χ1v) is 14.7. The van der Waals surface area contributed by atoms with Gasteiger partial charge < -0.3 is 24.6 Å². The van der Waals surface area contributed by atoms with Crippen LogP contribution in [0.15, 0.2) is 17.0 Å². The van der Waals surface area contributed by atoms with E-state index in [0.29, 0.717) is 40.6 Å². The molecule has 0 bridgehead atoms. The molecule has 35 heavy (non-hydrogen) atoms. The van der Waals surface area contributed by atoms with Crippen LogP contribution in [-0.4, -0.2) is 120 Å². The van der Waals surface area contributed by atoms with Gasteiger partial charge in [-0.05, 0) is 50.7 Å². The fourth-order valence-electron chi connectivity index (χ4n) is 4.15. The maximum atomic E-state index is 13.6. The molecule has 0 spiro atoms. The number of hydrogen-bond acceptors (Lipinski definition) is 8. The Labute approximate surface area is 215 Å². The molecular weight excluding hydrogens is 488 g/mol. The molecule has 0 aliphatic carbocycles. The highest BCUT2D eigenvalue weighted by atomic mass is 32.2. The molecule has 1 N–H and O–H groups in total. The highest BCUT2D eigenvalue weighted by molar-refractivity contribution is 7.99. The number of carbonyl (C=O) groups is 1. The van der Waals surface area contributed by atoms with Crippen LogP contribution in [0.2, 0.25) is 0 Å². The second-order valence-corrected chi connectivity index (χ2v) is 11.8. The van der Waals surface area contributed by atoms with Crippen molar-refractivity contribution in [1.82, 2.24) is 19.4 Å². The zero-order valence-corrected chi connectivity index (χ0v) is 23.6. The Morgan fingerprint density at radius 3 is 2.51 bits per heavy atom. The number of benzene rings is 1. The molecule has 1 aromatic carbocycles. The van der Waals surface area contributed by atoms with Crippen LogP contribution in [-0.2, 0) is 19.6 Å². The molecule has 0 saturated carbocycles. The number of aryl methyl sites for hydroxylation is 2. The lowest BCUT2D eigenvalue weighted by molar-refractivity contribution is -0.135. The molecule has 1 aliphatic rings. The summed E-state index contributed by atoms with van der Waals surface area (Å²) in [6, 6.07) is 3.17. The van der Waals surface area contributed by atoms with E-state index in [2.05, 4.69) is 17.1 Å². The van der Waals surface area contributed by atoms with Crippen molar-refractivity contribution in [3.05, 3.63) is 23.3 Å². The van der Waals surface area contributed by atoms with Crippen molar-refractivity contribution in [2.75, 3.05) is 85.2 Å². The van der Waals surface area contributed by atoms with Gasteiger partial charge in [0, 0.05) is 51.3 Å². The average Bonchev–Trinajstić information content (AvgIpc) is 2.83. The number of carbonyl (C=O) groups excluding carboxylic acids is 1. The van der Waals surface area contributed by atoms with E-state index in [-0.39, 0.29) is 25.2 Å². The molecule has 200 valence electrons. The van der Waals surface area contributed by atoms with E-state index in [1.165, 1.54) is 0 Å². The molecular formula is C24H42N4O5S2. The van der Waals surface area contributed by atoms with E-state index in [1.807, 2.05) is 7.05 Å². The van der Waals surface area contributed by atoms with E-state index in [4.69, 9.17) is 9.47 Å². The van der Waals surface area contributed by atoms with Gasteiger partial charge in [-0.2, -0.15) is 16.1 Å². The third-order valence-corrected chi connectivity index (χ3v) is 9.60. The average molecular weight is 531 g/mol. The second kappa shape index (κ2) is 14.4. The summed E-state index contributed by atoms with van der Waals surface area (Å²) < 4.78 is 39.9. The zero-order chi connectivity index (χ0) is 26.0. The minimum atomic E-state index is -3.71. The Morgan fingerprint density at radius 2 is 1.91 bits per heavy atom. The topological polar surface area (TPSA) is 91.4 Å². The lowest BCUT2D eigenvalue weighted by atomic mass is 10.1. The van der Waals surface area contributed by atoms with Crippen LogP contribution in [0.5, 0.6) is 5.75 Å². The smallest absolute Gasteiger partial charge is 0.248 e. The molecule has 1 unspecified atom stereocenters. The molecule has 0 aromatic heterocycles. The molecule has 1 aromatic rings. The lowest BCUT2D eigenvalue weighted by Crippen LogP contribution is -2.49. The Bertz CT molecular complexity index is 905. The molecule has 1 atom stereocenters. The molecule has 1 amide bonds. The van der Waals surface area contributed by atoms with Crippen molar-refractivity contribution in [2.45, 2.75) is 31.7 Å². The number of amides is 1. The monoisotopic (exact) mass is 530 g/mol. The minimum Gasteiger partial charge on any atom is -0.497 e. The van der Waals surface area contributed by atoms with Gasteiger partial charge in [0.1, 0.15) is 12.4 Å². The highest BCUT2D eigenvalue weighted by Gasteiger charge is 2.36. The van der Waals surface area contributed by atoms with Gasteiger partial charge >= 0.3 is 0 Å². The van der Waals surface area contributed by atoms with Crippen LogP contribution < -0.4 is 10.1 Å². The SMILES string of the molecule is CCN(CCNC)CCN(C)C(=O)COCC1CSCCN1S(=O)(=O)c1c(C)cc(OC)cc1C. The Hall–Kier alpha value is -1.37. The summed E-state index contributed by atoms with van der Waals surface area (Å²) in [4.78, 5) is 16.9. The number of hydrogen-bond donors (Lipinski definition) is 1. The summed E-state index contributed by atoms with van der Waals surface area (Å²) in [5, 5.41) is 3.14. The standard InChI is InChI=1S/C24H42N4O5S2/c1-7-27(9-8-25-4)11-10-26(5)23(29)17-33-16-21-18-34-13-12-28(21)35(30,31)24-19(2)14-22(32-6)15-20(24)3/h14-15,21,25H,7-13,16-18H2,1-6H3. The van der Waals surface area contributed by atoms with Gasteiger partial charge in [0.05, 0.1) is 24.7 Å². The highest BCUT2D eigenvalue weighted by Crippen LogP contribution is 2.31. The lowest BCUT2D eigenvalue weighted by Gasteiger charge is -2.35. The first kappa shape index (κ1) is 29.9. The van der Waals surface area contributed by atoms with Gasteiger partial charge in [-0.1, -0.05) is 6.92 Å². The van der Waals surface area contributed by atoms with Gasteiger partial charge in [0.25, 0.3) is 0 Å². The predicted molar refractivity (Wildman–Crippen MR) is 142 cm³/mol. The fourth-order valence-corrected chi connectivity index (χ4v) is 7.42. The summed E-state index contributed by atoms with van der Waals surface area (Å²) in [5.74, 6) is 1.90. The summed E-state index contributed by atoms with van der Waals surface area (Å²) in [6.45, 7) is 10.4. The first-order valence-electron chi connectivity index (χ1n) is 12.1. The zero-order valence-electron chi connectivity index (χ0n) is 22.0. The van der Waals surface area contributed by atoms with E-state index in [0.717, 1.165) is 31.9 Å². The number of sulfonamides is 1. The number of methoxy groups -OCH3 is 1. The van der Waals surface area contributed by atoms with E-state index in [9.17, 15) is 13.2 Å². The molecule has 2 rings (SSSR count). The summed E-state index contributed by atoms with van der Waals surface area (Å²) in [6.07, 6.45) is 0. The molecule has 9 nitrogen and oxygen atoms in total. The van der Waals surface area contributed by atoms with Gasteiger partial charge in [0.2, 0.25) is 15.9 Å². The quantitative estimate of drug-likeness (QED) is 0.386. The maximum Gasteiger partial charge on any atom is 0.248 e. The minimum absolute atomic E-state index is 0.0607. The molecule has 1 aliphatic heterocycles. The van der Waals surface area contributed by atoms with Crippen LogP contribution in [0.3, 0.4) is 0 Å². The number of likely N-dealkylation sites (N-methyl/N-ethyl adjacent to an activating group) is 3. The third-order valence-electron chi connectivity index (χ3n) is 6.25. The Morgan fingerprint density at radius 1 is 1.23 bits per heavy atom. The molecule has 1 saturated heterocycles. The van der Waals surface area contributed by atoms with Crippen molar-refractivity contribution >= 4 is 27.7 Å². The van der Waals surface area contributed by atoms with Gasteiger partial charge in [-0.25, -0.2) is 8.42 Å². The van der Waals surface area contributed by atoms with Crippen molar-refractivity contribution in [2.24, 2.45) is 0 Å². The fraction of sp³-hybridized carbons (Fsp3) is 0.708. The van der Waals surface area contributed by atoms with Gasteiger partial charge in [-0.15, -0.1) is 0 Å². The summed E-state index contributed by atoms with van der Waals surface area (Å²) in [7, 11) is 1.56.